The Morgan fingerprint density at radius 1 is 1.62 bits per heavy atom. The van der Waals surface area contributed by atoms with Gasteiger partial charge in [0, 0.05) is 11.4 Å². The van der Waals surface area contributed by atoms with Gasteiger partial charge in [-0.05, 0) is 24.6 Å². The maximum absolute atomic E-state index is 11.4. The molecule has 1 amide bonds. The average molecular weight is 238 g/mol. The molecule has 0 aliphatic carbocycles. The predicted octanol–water partition coefficient (Wildman–Crippen LogP) is 1.11. The fraction of sp³-hybridized carbons (Fsp3) is 0.364. The summed E-state index contributed by atoms with van der Waals surface area (Å²) < 4.78 is 0. The van der Waals surface area contributed by atoms with E-state index in [-0.39, 0.29) is 17.7 Å². The molecule has 0 fully saturated rings. The smallest absolute Gasteiger partial charge is 0.237 e. The second-order valence-corrected chi connectivity index (χ2v) is 5.14. The van der Waals surface area contributed by atoms with Crippen LogP contribution in [0.5, 0.6) is 0 Å². The van der Waals surface area contributed by atoms with Crippen molar-refractivity contribution in [2.24, 2.45) is 5.73 Å². The Kier molecular flexibility index (Phi) is 3.18. The molecule has 1 aromatic carbocycles. The first kappa shape index (κ1) is 11.4. The number of aliphatic hydroxyl groups excluding tert-OH is 1. The molecule has 0 aromatic heterocycles. The molecule has 1 aliphatic rings. The van der Waals surface area contributed by atoms with Crippen LogP contribution >= 0.6 is 11.8 Å². The van der Waals surface area contributed by atoms with Gasteiger partial charge in [0.1, 0.15) is 0 Å². The van der Waals surface area contributed by atoms with Gasteiger partial charge in [-0.3, -0.25) is 4.79 Å². The minimum Gasteiger partial charge on any atom is -0.387 e. The number of nitrogens with two attached hydrogens (primary N) is 1. The number of nitrogens with one attached hydrogen (secondary N) is 1. The third-order valence-electron chi connectivity index (χ3n) is 2.54. The molecule has 0 bridgehead atoms. The maximum Gasteiger partial charge on any atom is 0.237 e. The lowest BCUT2D eigenvalue weighted by molar-refractivity contribution is -0.115. The molecule has 16 heavy (non-hydrogen) atoms. The van der Waals surface area contributed by atoms with Gasteiger partial charge in [0.05, 0.1) is 17.0 Å². The van der Waals surface area contributed by atoms with Crippen molar-refractivity contribution in [3.63, 3.8) is 0 Å². The highest BCUT2D eigenvalue weighted by Crippen LogP contribution is 2.36. The fourth-order valence-corrected chi connectivity index (χ4v) is 2.56. The molecule has 0 spiro atoms. The Morgan fingerprint density at radius 3 is 3.06 bits per heavy atom. The number of fused-ring (bicyclic) bond motifs is 1. The number of hydrogen-bond acceptors (Lipinski definition) is 4. The number of hydrogen-bond donors (Lipinski definition) is 3. The third-order valence-corrected chi connectivity index (χ3v) is 3.70. The lowest BCUT2D eigenvalue weighted by Crippen LogP contribution is -2.26. The molecule has 2 unspecified atom stereocenters. The molecular formula is C11H14N2O2S. The minimum atomic E-state index is -0.640. The Bertz CT molecular complexity index is 422. The molecule has 5 heteroatoms. The van der Waals surface area contributed by atoms with Crippen LogP contribution in [0.4, 0.5) is 5.69 Å². The zero-order valence-electron chi connectivity index (χ0n) is 8.93. The summed E-state index contributed by atoms with van der Waals surface area (Å²) in [5.41, 5.74) is 7.00. The number of anilines is 1. The molecular weight excluding hydrogens is 224 g/mol. The highest BCUT2D eigenvalue weighted by molar-refractivity contribution is 8.00. The minimum absolute atomic E-state index is 0.0182. The number of aliphatic hydroxyl groups is 1. The quantitative estimate of drug-likeness (QED) is 0.721. The van der Waals surface area contributed by atoms with Gasteiger partial charge >= 0.3 is 0 Å². The molecule has 1 aliphatic heterocycles. The Hall–Kier alpha value is -1.04. The summed E-state index contributed by atoms with van der Waals surface area (Å²) in [5.74, 6) is 0.0182. The van der Waals surface area contributed by atoms with Crippen molar-refractivity contribution in [1.29, 1.82) is 0 Å². The molecule has 0 saturated heterocycles. The van der Waals surface area contributed by atoms with Crippen molar-refractivity contribution in [1.82, 2.24) is 0 Å². The number of amides is 1. The molecule has 0 radical (unpaired) electrons. The first-order chi connectivity index (χ1) is 7.61. The van der Waals surface area contributed by atoms with Gasteiger partial charge in [-0.2, -0.15) is 0 Å². The summed E-state index contributed by atoms with van der Waals surface area (Å²) in [6.45, 7) is 2.06. The zero-order valence-corrected chi connectivity index (χ0v) is 9.75. The topological polar surface area (TPSA) is 75.3 Å². The first-order valence-corrected chi connectivity index (χ1v) is 5.99. The number of rotatable bonds is 2. The second-order valence-electron chi connectivity index (χ2n) is 3.76. The molecule has 1 heterocycles. The summed E-state index contributed by atoms with van der Waals surface area (Å²) in [5, 5.41) is 12.3. The van der Waals surface area contributed by atoms with Crippen LogP contribution in [0, 0.1) is 0 Å². The van der Waals surface area contributed by atoms with Crippen LogP contribution in [-0.4, -0.2) is 22.8 Å². The molecule has 0 saturated carbocycles. The predicted molar refractivity (Wildman–Crippen MR) is 64.4 cm³/mol. The highest BCUT2D eigenvalue weighted by Gasteiger charge is 2.23. The lowest BCUT2D eigenvalue weighted by Gasteiger charge is -2.22. The number of thioether (sulfide) groups is 1. The van der Waals surface area contributed by atoms with Crippen molar-refractivity contribution in [2.45, 2.75) is 23.2 Å². The standard InChI is InChI=1S/C11H14N2O2S/c1-6-11(15)13-8-3-2-7(9(14)5-12)4-10(8)16-6/h2-4,6,9,14H,5,12H2,1H3,(H,13,15). The lowest BCUT2D eigenvalue weighted by atomic mass is 10.1. The Labute approximate surface area is 98.2 Å². The first-order valence-electron chi connectivity index (χ1n) is 5.11. The van der Waals surface area contributed by atoms with E-state index in [1.54, 1.807) is 12.1 Å². The number of carbonyl (C=O) groups is 1. The summed E-state index contributed by atoms with van der Waals surface area (Å²) in [7, 11) is 0. The van der Waals surface area contributed by atoms with Crippen LogP contribution in [0.25, 0.3) is 0 Å². The monoisotopic (exact) mass is 238 g/mol. The van der Waals surface area contributed by atoms with Crippen molar-refractivity contribution in [3.8, 4) is 0 Å². The average Bonchev–Trinajstić information content (AvgIpc) is 2.29. The molecule has 4 nitrogen and oxygen atoms in total. The number of benzene rings is 1. The third kappa shape index (κ3) is 2.07. The van der Waals surface area contributed by atoms with E-state index in [0.29, 0.717) is 0 Å². The molecule has 2 atom stereocenters. The Morgan fingerprint density at radius 2 is 2.38 bits per heavy atom. The van der Waals surface area contributed by atoms with Crippen molar-refractivity contribution < 1.29 is 9.90 Å². The van der Waals surface area contributed by atoms with Gasteiger partial charge in [-0.15, -0.1) is 11.8 Å². The van der Waals surface area contributed by atoms with Crippen LogP contribution in [-0.2, 0) is 4.79 Å². The van der Waals surface area contributed by atoms with Crippen LogP contribution in [0.2, 0.25) is 0 Å². The van der Waals surface area contributed by atoms with Crippen molar-refractivity contribution in [2.75, 3.05) is 11.9 Å². The van der Waals surface area contributed by atoms with Gasteiger partial charge in [-0.25, -0.2) is 0 Å². The van der Waals surface area contributed by atoms with Gasteiger partial charge in [-0.1, -0.05) is 6.07 Å². The molecule has 1 aromatic rings. The Balaban J connectivity index is 2.32. The van der Waals surface area contributed by atoms with E-state index < -0.39 is 6.10 Å². The van der Waals surface area contributed by atoms with E-state index in [9.17, 15) is 9.90 Å². The van der Waals surface area contributed by atoms with Gasteiger partial charge < -0.3 is 16.2 Å². The largest absolute Gasteiger partial charge is 0.387 e. The zero-order chi connectivity index (χ0) is 11.7. The number of carbonyl (C=O) groups excluding carboxylic acids is 1. The van der Waals surface area contributed by atoms with E-state index >= 15 is 0 Å². The normalized spacial score (nSPS) is 21.2. The summed E-state index contributed by atoms with van der Waals surface area (Å²) in [4.78, 5) is 12.4. The molecule has 86 valence electrons. The van der Waals surface area contributed by atoms with E-state index in [2.05, 4.69) is 5.32 Å². The van der Waals surface area contributed by atoms with Crippen molar-refractivity contribution in [3.05, 3.63) is 23.8 Å². The van der Waals surface area contributed by atoms with E-state index in [0.717, 1.165) is 16.1 Å². The van der Waals surface area contributed by atoms with E-state index in [1.165, 1.54) is 11.8 Å². The van der Waals surface area contributed by atoms with E-state index in [4.69, 9.17) is 5.73 Å². The highest BCUT2D eigenvalue weighted by atomic mass is 32.2. The van der Waals surface area contributed by atoms with Gasteiger partial charge in [0.15, 0.2) is 0 Å². The van der Waals surface area contributed by atoms with Crippen LogP contribution < -0.4 is 11.1 Å². The SMILES string of the molecule is CC1Sc2cc(C(O)CN)ccc2NC1=O. The van der Waals surface area contributed by atoms with Gasteiger partial charge in [0.2, 0.25) is 5.91 Å². The van der Waals surface area contributed by atoms with Crippen molar-refractivity contribution >= 4 is 23.4 Å². The molecule has 4 N–H and O–H groups in total. The summed E-state index contributed by atoms with van der Waals surface area (Å²) >= 11 is 1.50. The molecule has 2 rings (SSSR count). The second kappa shape index (κ2) is 4.45. The van der Waals surface area contributed by atoms with Crippen LogP contribution in [0.1, 0.15) is 18.6 Å². The maximum atomic E-state index is 11.4. The van der Waals surface area contributed by atoms with Crippen LogP contribution in [0.15, 0.2) is 23.1 Å². The van der Waals surface area contributed by atoms with E-state index in [1.807, 2.05) is 13.0 Å². The van der Waals surface area contributed by atoms with Gasteiger partial charge in [0.25, 0.3) is 0 Å². The summed E-state index contributed by atoms with van der Waals surface area (Å²) in [6.07, 6.45) is -0.640. The van der Waals surface area contributed by atoms with Crippen LogP contribution in [0.3, 0.4) is 0 Å². The summed E-state index contributed by atoms with van der Waals surface area (Å²) in [6, 6.07) is 5.47. The fourth-order valence-electron chi connectivity index (χ4n) is 1.56.